The van der Waals surface area contributed by atoms with Crippen molar-refractivity contribution in [2.45, 2.75) is 19.8 Å². The Kier molecular flexibility index (Phi) is 6.92. The summed E-state index contributed by atoms with van der Waals surface area (Å²) in [6, 6.07) is 4.34. The van der Waals surface area contributed by atoms with Crippen molar-refractivity contribution in [1.29, 1.82) is 0 Å². The number of halogens is 1. The van der Waals surface area contributed by atoms with E-state index >= 15 is 0 Å². The van der Waals surface area contributed by atoms with Crippen LogP contribution >= 0.6 is 0 Å². The number of esters is 2. The van der Waals surface area contributed by atoms with Gasteiger partial charge in [-0.05, 0) is 19.4 Å². The predicted molar refractivity (Wildman–Crippen MR) is 82.0 cm³/mol. The van der Waals surface area contributed by atoms with Crippen LogP contribution in [0.5, 0.6) is 0 Å². The Bertz CT molecular complexity index is 609. The summed E-state index contributed by atoms with van der Waals surface area (Å²) in [4.78, 5) is 24.3. The zero-order chi connectivity index (χ0) is 17.4. The van der Waals surface area contributed by atoms with E-state index in [4.69, 9.17) is 14.7 Å². The van der Waals surface area contributed by atoms with Gasteiger partial charge in [-0.1, -0.05) is 29.9 Å². The molecule has 0 heterocycles. The topological polar surface area (TPSA) is 85.2 Å². The minimum Gasteiger partial charge on any atom is -0.465 e. The van der Waals surface area contributed by atoms with Gasteiger partial charge in [0.25, 0.3) is 0 Å². The highest BCUT2D eigenvalue weighted by atomic mass is 19.1. The predicted octanol–water partition coefficient (Wildman–Crippen LogP) is 2.64. The van der Waals surface area contributed by atoms with E-state index in [1.807, 2.05) is 0 Å². The van der Waals surface area contributed by atoms with Gasteiger partial charge in [0.15, 0.2) is 5.92 Å². The summed E-state index contributed by atoms with van der Waals surface area (Å²) >= 11 is 0. The van der Waals surface area contributed by atoms with Crippen molar-refractivity contribution in [3.05, 3.63) is 41.5 Å². The van der Waals surface area contributed by atoms with Crippen molar-refractivity contribution in [1.82, 2.24) is 0 Å². The van der Waals surface area contributed by atoms with Crippen molar-refractivity contribution in [2.75, 3.05) is 13.2 Å². The maximum absolute atomic E-state index is 13.9. The fourth-order valence-electron chi connectivity index (χ4n) is 2.11. The largest absolute Gasteiger partial charge is 0.465 e. The second-order valence-corrected chi connectivity index (χ2v) is 4.40. The number of carbonyl (C=O) groups excluding carboxylic acids is 2. The van der Waals surface area contributed by atoms with E-state index in [0.29, 0.717) is 0 Å². The van der Waals surface area contributed by atoms with Crippen molar-refractivity contribution in [2.24, 2.45) is 5.16 Å². The highest BCUT2D eigenvalue weighted by Crippen LogP contribution is 2.30. The lowest BCUT2D eigenvalue weighted by Gasteiger charge is -2.18. The van der Waals surface area contributed by atoms with Crippen molar-refractivity contribution in [3.63, 3.8) is 0 Å². The Morgan fingerprint density at radius 2 is 1.87 bits per heavy atom. The first-order valence-electron chi connectivity index (χ1n) is 6.96. The summed E-state index contributed by atoms with van der Waals surface area (Å²) < 4.78 is 23.7. The second-order valence-electron chi connectivity index (χ2n) is 4.40. The summed E-state index contributed by atoms with van der Waals surface area (Å²) in [5.41, 5.74) is 0.0827. The number of benzene rings is 1. The molecular weight excluding hydrogens is 305 g/mol. The standard InChI is InChI=1S/C16H18FNO5/c1-4-22-15(19)14(16(20)23-5-2)12-8-6-7-11(9-18-21)13(12)10(3)17/h6-9,14,21H,3-5H2,1-2H3/b18-9+. The van der Waals surface area contributed by atoms with Crippen LogP contribution in [-0.2, 0) is 19.1 Å². The van der Waals surface area contributed by atoms with E-state index < -0.39 is 23.7 Å². The molecule has 7 heteroatoms. The molecule has 0 aromatic heterocycles. The Balaban J connectivity index is 3.51. The van der Waals surface area contributed by atoms with Gasteiger partial charge in [-0.25, -0.2) is 4.39 Å². The Morgan fingerprint density at radius 3 is 2.30 bits per heavy atom. The minimum absolute atomic E-state index is 0.0341. The summed E-state index contributed by atoms with van der Waals surface area (Å²) in [6.07, 6.45) is 0.983. The van der Waals surface area contributed by atoms with E-state index in [0.717, 1.165) is 6.21 Å². The molecule has 1 rings (SSSR count). The van der Waals surface area contributed by atoms with Crippen molar-refractivity contribution < 1.29 is 28.7 Å². The van der Waals surface area contributed by atoms with E-state index in [1.54, 1.807) is 13.8 Å². The molecule has 1 aromatic carbocycles. The molecular formula is C16H18FNO5. The van der Waals surface area contributed by atoms with Crippen LogP contribution in [0.4, 0.5) is 4.39 Å². The number of carbonyl (C=O) groups is 2. The van der Waals surface area contributed by atoms with Crippen LogP contribution < -0.4 is 0 Å². The highest BCUT2D eigenvalue weighted by Gasteiger charge is 2.34. The Labute approximate surface area is 133 Å². The first kappa shape index (κ1) is 18.3. The number of ether oxygens (including phenoxy) is 2. The summed E-state index contributed by atoms with van der Waals surface area (Å²) in [6.45, 7) is 6.49. The average Bonchev–Trinajstić information content (AvgIpc) is 2.48. The number of hydrogen-bond donors (Lipinski definition) is 1. The van der Waals surface area contributed by atoms with Crippen molar-refractivity contribution in [3.8, 4) is 0 Å². The van der Waals surface area contributed by atoms with Crippen molar-refractivity contribution >= 4 is 24.0 Å². The van der Waals surface area contributed by atoms with E-state index in [9.17, 15) is 14.0 Å². The average molecular weight is 323 g/mol. The molecule has 0 aliphatic rings. The quantitative estimate of drug-likeness (QED) is 0.274. The molecule has 0 radical (unpaired) electrons. The third-order valence-corrected chi connectivity index (χ3v) is 2.95. The SMILES string of the molecule is C=C(F)c1c(/C=N/O)cccc1C(C(=O)OCC)C(=O)OCC. The van der Waals surface area contributed by atoms with Crippen LogP contribution in [0.3, 0.4) is 0 Å². The molecule has 1 aromatic rings. The molecule has 6 nitrogen and oxygen atoms in total. The van der Waals surface area contributed by atoms with Gasteiger partial charge < -0.3 is 14.7 Å². The third-order valence-electron chi connectivity index (χ3n) is 2.95. The van der Waals surface area contributed by atoms with Crippen LogP contribution in [-0.4, -0.2) is 36.6 Å². The first-order chi connectivity index (χ1) is 11.0. The number of nitrogens with zero attached hydrogens (tertiary/aromatic N) is 1. The molecule has 0 aliphatic carbocycles. The van der Waals surface area contributed by atoms with E-state index in [2.05, 4.69) is 11.7 Å². The second kappa shape index (κ2) is 8.67. The molecule has 0 fully saturated rings. The van der Waals surface area contributed by atoms with Gasteiger partial charge in [0, 0.05) is 11.1 Å². The normalized spacial score (nSPS) is 10.8. The molecule has 0 saturated carbocycles. The van der Waals surface area contributed by atoms with Crippen LogP contribution in [0.2, 0.25) is 0 Å². The molecule has 0 aliphatic heterocycles. The van der Waals surface area contributed by atoms with Gasteiger partial charge in [0.05, 0.1) is 19.4 Å². The zero-order valence-corrected chi connectivity index (χ0v) is 12.9. The van der Waals surface area contributed by atoms with Crippen LogP contribution in [0.25, 0.3) is 5.83 Å². The highest BCUT2D eigenvalue weighted by molar-refractivity contribution is 6.03. The summed E-state index contributed by atoms with van der Waals surface area (Å²) in [5, 5.41) is 11.5. The van der Waals surface area contributed by atoms with Gasteiger partial charge in [0.2, 0.25) is 0 Å². The van der Waals surface area contributed by atoms with Crippen LogP contribution in [0, 0.1) is 0 Å². The number of oxime groups is 1. The Morgan fingerprint density at radius 1 is 1.30 bits per heavy atom. The molecule has 0 bridgehead atoms. The van der Waals surface area contributed by atoms with E-state index in [-0.39, 0.29) is 29.9 Å². The van der Waals surface area contributed by atoms with Gasteiger partial charge in [-0.3, -0.25) is 9.59 Å². The molecule has 0 atom stereocenters. The lowest BCUT2D eigenvalue weighted by molar-refractivity contribution is -0.156. The summed E-state index contributed by atoms with van der Waals surface area (Å²) in [7, 11) is 0. The molecule has 23 heavy (non-hydrogen) atoms. The molecule has 1 N–H and O–H groups in total. The first-order valence-corrected chi connectivity index (χ1v) is 6.96. The fourth-order valence-corrected chi connectivity index (χ4v) is 2.11. The van der Waals surface area contributed by atoms with E-state index in [1.165, 1.54) is 18.2 Å². The monoisotopic (exact) mass is 323 g/mol. The Hall–Kier alpha value is -2.70. The maximum Gasteiger partial charge on any atom is 0.324 e. The molecule has 0 amide bonds. The number of rotatable bonds is 7. The van der Waals surface area contributed by atoms with Gasteiger partial charge in [-0.15, -0.1) is 0 Å². The lowest BCUT2D eigenvalue weighted by atomic mass is 9.90. The smallest absolute Gasteiger partial charge is 0.324 e. The van der Waals surface area contributed by atoms with Gasteiger partial charge >= 0.3 is 11.9 Å². The van der Waals surface area contributed by atoms with Crippen LogP contribution in [0.15, 0.2) is 29.9 Å². The molecule has 0 saturated heterocycles. The molecule has 0 unspecified atom stereocenters. The van der Waals surface area contributed by atoms with Gasteiger partial charge in [0.1, 0.15) is 5.83 Å². The lowest BCUT2D eigenvalue weighted by Crippen LogP contribution is -2.27. The fraction of sp³-hybridized carbons (Fsp3) is 0.312. The zero-order valence-electron chi connectivity index (χ0n) is 12.9. The third kappa shape index (κ3) is 4.38. The van der Waals surface area contributed by atoms with Crippen LogP contribution in [0.1, 0.15) is 36.5 Å². The molecule has 0 spiro atoms. The summed E-state index contributed by atoms with van der Waals surface area (Å²) in [5.74, 6) is -4.04. The number of hydrogen-bond acceptors (Lipinski definition) is 6. The van der Waals surface area contributed by atoms with Gasteiger partial charge in [-0.2, -0.15) is 0 Å². The maximum atomic E-state index is 13.9. The molecule has 124 valence electrons. The minimum atomic E-state index is -1.45.